The van der Waals surface area contributed by atoms with Crippen molar-refractivity contribution in [2.45, 2.75) is 56.8 Å². The van der Waals surface area contributed by atoms with Gasteiger partial charge >= 0.3 is 0 Å². The molecule has 0 saturated carbocycles. The predicted molar refractivity (Wildman–Crippen MR) is 102 cm³/mol. The molecule has 4 nitrogen and oxygen atoms in total. The maximum atomic E-state index is 12.3. The molecule has 0 spiro atoms. The van der Waals surface area contributed by atoms with E-state index in [9.17, 15) is 9.35 Å². The number of hydrogen-bond donors (Lipinski definition) is 1. The third kappa shape index (κ3) is 2.52. The highest BCUT2D eigenvalue weighted by Gasteiger charge is 2.52. The number of primary amides is 1. The highest BCUT2D eigenvalue weighted by atomic mass is 32.2. The van der Waals surface area contributed by atoms with Crippen LogP contribution in [0.15, 0.2) is 29.2 Å². The van der Waals surface area contributed by atoms with E-state index < -0.39 is 16.6 Å². The van der Waals surface area contributed by atoms with Crippen molar-refractivity contribution in [3.05, 3.63) is 46.8 Å². The van der Waals surface area contributed by atoms with Crippen molar-refractivity contribution in [1.29, 1.82) is 0 Å². The van der Waals surface area contributed by atoms with Crippen molar-refractivity contribution in [2.75, 3.05) is 6.26 Å². The Balaban J connectivity index is 2.30. The lowest BCUT2D eigenvalue weighted by molar-refractivity contribution is -0.123. The van der Waals surface area contributed by atoms with Crippen LogP contribution < -0.4 is 5.73 Å². The summed E-state index contributed by atoms with van der Waals surface area (Å²) in [6.07, 6.45) is 2.41. The molecule has 1 aromatic carbocycles. The van der Waals surface area contributed by atoms with Crippen molar-refractivity contribution in [2.24, 2.45) is 5.73 Å². The minimum Gasteiger partial charge on any atom is -0.612 e. The molecule has 0 radical (unpaired) electrons. The third-order valence-corrected chi connectivity index (χ3v) is 6.54. The van der Waals surface area contributed by atoms with Crippen LogP contribution in [0.3, 0.4) is 0 Å². The molecule has 0 fully saturated rings. The first kappa shape index (κ1) is 18.1. The fraction of sp³-hybridized carbons (Fsp3) is 0.450. The summed E-state index contributed by atoms with van der Waals surface area (Å²) in [5.74, 6) is -0.275. The normalized spacial score (nSPS) is 22.7. The fourth-order valence-electron chi connectivity index (χ4n) is 4.80. The Morgan fingerprint density at radius 3 is 2.36 bits per heavy atom. The van der Waals surface area contributed by atoms with Gasteiger partial charge in [0.05, 0.1) is 11.1 Å². The highest BCUT2D eigenvalue weighted by molar-refractivity contribution is 7.90. The van der Waals surface area contributed by atoms with E-state index in [0.29, 0.717) is 0 Å². The van der Waals surface area contributed by atoms with E-state index in [0.717, 1.165) is 34.0 Å². The van der Waals surface area contributed by atoms with E-state index in [1.54, 1.807) is 6.26 Å². The SMILES string of the molecule is Cc1c2c(c(C)n1-c1cccc([S+](C)[O-])c1)C(C)(C(N)=O)CC2(C)C. The summed E-state index contributed by atoms with van der Waals surface area (Å²) in [5.41, 5.74) is 10.4. The van der Waals surface area contributed by atoms with E-state index in [4.69, 9.17) is 5.73 Å². The number of benzene rings is 1. The molecule has 25 heavy (non-hydrogen) atoms. The lowest BCUT2D eigenvalue weighted by Crippen LogP contribution is -2.38. The van der Waals surface area contributed by atoms with Crippen molar-refractivity contribution >= 4 is 17.1 Å². The Hall–Kier alpha value is -1.72. The zero-order valence-electron chi connectivity index (χ0n) is 15.8. The molecular formula is C20H26N2O2S. The van der Waals surface area contributed by atoms with Crippen LogP contribution in [0.2, 0.25) is 0 Å². The molecule has 134 valence electrons. The Morgan fingerprint density at radius 1 is 1.20 bits per heavy atom. The molecule has 0 bridgehead atoms. The van der Waals surface area contributed by atoms with Crippen LogP contribution >= 0.6 is 0 Å². The van der Waals surface area contributed by atoms with Crippen LogP contribution in [-0.4, -0.2) is 21.3 Å². The van der Waals surface area contributed by atoms with Gasteiger partial charge < -0.3 is 14.9 Å². The van der Waals surface area contributed by atoms with E-state index in [1.165, 1.54) is 5.56 Å². The summed E-state index contributed by atoms with van der Waals surface area (Å²) in [4.78, 5) is 13.1. The molecule has 1 aliphatic rings. The minimum atomic E-state index is -1.04. The molecule has 1 amide bonds. The van der Waals surface area contributed by atoms with Gasteiger partial charge in [-0.3, -0.25) is 4.79 Å². The summed E-state index contributed by atoms with van der Waals surface area (Å²) in [6.45, 7) is 10.4. The lowest BCUT2D eigenvalue weighted by atomic mass is 9.79. The molecule has 5 heteroatoms. The van der Waals surface area contributed by atoms with E-state index in [-0.39, 0.29) is 11.3 Å². The average molecular weight is 359 g/mol. The van der Waals surface area contributed by atoms with Crippen molar-refractivity contribution in [3.8, 4) is 5.69 Å². The van der Waals surface area contributed by atoms with Gasteiger partial charge in [0.15, 0.2) is 4.90 Å². The number of carbonyl (C=O) groups is 1. The molecule has 1 aromatic heterocycles. The zero-order valence-corrected chi connectivity index (χ0v) is 16.6. The average Bonchev–Trinajstić information content (AvgIpc) is 2.91. The molecule has 1 aliphatic carbocycles. The second-order valence-electron chi connectivity index (χ2n) is 7.96. The van der Waals surface area contributed by atoms with Gasteiger partial charge in [-0.25, -0.2) is 0 Å². The smallest absolute Gasteiger partial charge is 0.227 e. The maximum Gasteiger partial charge on any atom is 0.227 e. The molecular weight excluding hydrogens is 332 g/mol. The molecule has 2 unspecified atom stereocenters. The largest absolute Gasteiger partial charge is 0.612 e. The first-order valence-electron chi connectivity index (χ1n) is 8.47. The van der Waals surface area contributed by atoms with Crippen LogP contribution in [0.25, 0.3) is 5.69 Å². The van der Waals surface area contributed by atoms with E-state index in [1.807, 2.05) is 38.1 Å². The van der Waals surface area contributed by atoms with Crippen molar-refractivity contribution < 1.29 is 9.35 Å². The van der Waals surface area contributed by atoms with Gasteiger partial charge in [0.25, 0.3) is 0 Å². The first-order chi connectivity index (χ1) is 11.5. The van der Waals surface area contributed by atoms with Gasteiger partial charge in [-0.15, -0.1) is 0 Å². The Morgan fingerprint density at radius 2 is 1.80 bits per heavy atom. The predicted octanol–water partition coefficient (Wildman–Crippen LogP) is 3.26. The Kier molecular flexibility index (Phi) is 4.08. The number of aromatic nitrogens is 1. The van der Waals surface area contributed by atoms with Gasteiger partial charge in [0.2, 0.25) is 5.91 Å². The lowest BCUT2D eigenvalue weighted by Gasteiger charge is -2.27. The van der Waals surface area contributed by atoms with Crippen LogP contribution in [0, 0.1) is 13.8 Å². The quantitative estimate of drug-likeness (QED) is 0.856. The molecule has 2 atom stereocenters. The van der Waals surface area contributed by atoms with Crippen LogP contribution in [0.1, 0.15) is 49.7 Å². The zero-order chi connectivity index (χ0) is 18.7. The molecule has 1 heterocycles. The van der Waals surface area contributed by atoms with Gasteiger partial charge in [-0.1, -0.05) is 19.9 Å². The molecule has 0 saturated heterocycles. The van der Waals surface area contributed by atoms with Crippen molar-refractivity contribution in [1.82, 2.24) is 4.57 Å². The van der Waals surface area contributed by atoms with E-state index in [2.05, 4.69) is 25.3 Å². The van der Waals surface area contributed by atoms with E-state index >= 15 is 0 Å². The number of hydrogen-bond acceptors (Lipinski definition) is 2. The molecule has 0 aliphatic heterocycles. The standard InChI is InChI=1S/C20H26N2O2S/c1-12-16-17(20(5,18(21)23)11-19(16,3)4)13(2)22(12)14-8-7-9-15(10-14)25(6)24/h7-10H,11H2,1-6H3,(H2,21,23). The summed E-state index contributed by atoms with van der Waals surface area (Å²) in [7, 11) is 0. The Bertz CT molecular complexity index is 867. The number of amides is 1. The van der Waals surface area contributed by atoms with Crippen LogP contribution in [-0.2, 0) is 26.8 Å². The third-order valence-electron chi connectivity index (χ3n) is 5.62. The topological polar surface area (TPSA) is 71.1 Å². The minimum absolute atomic E-state index is 0.121. The monoisotopic (exact) mass is 358 g/mol. The summed E-state index contributed by atoms with van der Waals surface area (Å²) in [6, 6.07) is 7.77. The second kappa shape index (κ2) is 5.64. The van der Waals surface area contributed by atoms with Crippen LogP contribution in [0.5, 0.6) is 0 Å². The highest BCUT2D eigenvalue weighted by Crippen LogP contribution is 2.53. The molecule has 3 rings (SSSR count). The van der Waals surface area contributed by atoms with Gasteiger partial charge in [-0.2, -0.15) is 0 Å². The fourth-order valence-corrected chi connectivity index (χ4v) is 5.36. The summed E-state index contributed by atoms with van der Waals surface area (Å²) >= 11 is -1.04. The maximum absolute atomic E-state index is 12.3. The van der Waals surface area contributed by atoms with Gasteiger partial charge in [0.1, 0.15) is 6.26 Å². The number of nitrogens with two attached hydrogens (primary N) is 1. The second-order valence-corrected chi connectivity index (χ2v) is 9.34. The summed E-state index contributed by atoms with van der Waals surface area (Å²) in [5, 5.41) is 0. The van der Waals surface area contributed by atoms with Gasteiger partial charge in [0, 0.05) is 17.5 Å². The van der Waals surface area contributed by atoms with Crippen molar-refractivity contribution in [3.63, 3.8) is 0 Å². The van der Waals surface area contributed by atoms with Crippen LogP contribution in [0.4, 0.5) is 0 Å². The first-order valence-corrected chi connectivity index (χ1v) is 10.0. The number of carbonyl (C=O) groups excluding carboxylic acids is 1. The number of rotatable bonds is 3. The van der Waals surface area contributed by atoms with Gasteiger partial charge in [-0.05, 0) is 67.0 Å². The number of nitrogens with zero attached hydrogens (tertiary/aromatic N) is 1. The Labute approximate surface area is 152 Å². The number of fused-ring (bicyclic) bond motifs is 1. The molecule has 2 N–H and O–H groups in total. The molecule has 2 aromatic rings. The summed E-state index contributed by atoms with van der Waals surface area (Å²) < 4.78 is 14.0.